The minimum atomic E-state index is -3.99. The topological polar surface area (TPSA) is 119 Å². The second-order valence-electron chi connectivity index (χ2n) is 7.27. The summed E-state index contributed by atoms with van der Waals surface area (Å²) < 4.78 is 52.8. The molecule has 2 aromatic heterocycles. The van der Waals surface area contributed by atoms with Crippen molar-refractivity contribution in [2.45, 2.75) is 4.90 Å². The van der Waals surface area contributed by atoms with Gasteiger partial charge in [-0.05, 0) is 35.5 Å². The fraction of sp³-hybridized carbons (Fsp3) is 0.190. The van der Waals surface area contributed by atoms with Gasteiger partial charge < -0.3 is 9.15 Å². The number of thioether (sulfide) groups is 1. The molecule has 0 unspecified atom stereocenters. The summed E-state index contributed by atoms with van der Waals surface area (Å²) in [7, 11) is -3.99. The molecule has 170 valence electrons. The molecule has 2 fully saturated rings. The van der Waals surface area contributed by atoms with Gasteiger partial charge in [0.15, 0.2) is 0 Å². The fourth-order valence-corrected chi connectivity index (χ4v) is 5.73. The number of halogens is 1. The summed E-state index contributed by atoms with van der Waals surface area (Å²) in [5.41, 5.74) is 1.21. The molecule has 4 heterocycles. The quantitative estimate of drug-likeness (QED) is 0.556. The molecule has 0 spiro atoms. The number of carbonyl (C=O) groups excluding carboxylic acids is 2. The van der Waals surface area contributed by atoms with Crippen molar-refractivity contribution in [3.8, 4) is 11.1 Å². The van der Waals surface area contributed by atoms with Gasteiger partial charge in [-0.15, -0.1) is 0 Å². The molecule has 3 aromatic rings. The van der Waals surface area contributed by atoms with E-state index < -0.39 is 31.9 Å². The SMILES string of the molecule is O=C1NC(=O)C(=Cc2cc3cncc(-c4ccc(S(=O)(=O)N5CCOCC5)c(F)c4)c3o2)S1. The van der Waals surface area contributed by atoms with E-state index in [4.69, 9.17) is 9.15 Å². The molecule has 2 saturated heterocycles. The molecular formula is C21H16FN3O6S2. The average Bonchev–Trinajstić information content (AvgIpc) is 3.35. The molecular weight excluding hydrogens is 473 g/mol. The zero-order chi connectivity index (χ0) is 23.2. The van der Waals surface area contributed by atoms with Crippen molar-refractivity contribution in [1.29, 1.82) is 0 Å². The number of aromatic nitrogens is 1. The number of nitrogens with one attached hydrogen (secondary N) is 1. The lowest BCUT2D eigenvalue weighted by molar-refractivity contribution is -0.115. The number of rotatable bonds is 4. The minimum absolute atomic E-state index is 0.166. The summed E-state index contributed by atoms with van der Waals surface area (Å²) in [5.74, 6) is -1.08. The van der Waals surface area contributed by atoms with Gasteiger partial charge in [0.1, 0.15) is 22.1 Å². The molecule has 2 amide bonds. The Hall–Kier alpha value is -3.06. The molecule has 0 saturated carbocycles. The second kappa shape index (κ2) is 8.37. The van der Waals surface area contributed by atoms with Gasteiger partial charge in [-0.2, -0.15) is 4.31 Å². The van der Waals surface area contributed by atoms with E-state index in [0.29, 0.717) is 27.9 Å². The molecule has 2 aliphatic rings. The Morgan fingerprint density at radius 1 is 1.15 bits per heavy atom. The number of hydrogen-bond acceptors (Lipinski definition) is 8. The zero-order valence-corrected chi connectivity index (χ0v) is 18.5. The van der Waals surface area contributed by atoms with Crippen LogP contribution >= 0.6 is 11.8 Å². The predicted molar refractivity (Wildman–Crippen MR) is 118 cm³/mol. The van der Waals surface area contributed by atoms with E-state index >= 15 is 0 Å². The van der Waals surface area contributed by atoms with E-state index in [1.54, 1.807) is 12.3 Å². The van der Waals surface area contributed by atoms with Gasteiger partial charge >= 0.3 is 0 Å². The van der Waals surface area contributed by atoms with Crippen LogP contribution in [0.15, 0.2) is 50.9 Å². The highest BCUT2D eigenvalue weighted by atomic mass is 32.2. The third-order valence-corrected chi connectivity index (χ3v) is 7.93. The Balaban J connectivity index is 1.51. The van der Waals surface area contributed by atoms with E-state index in [1.807, 2.05) is 0 Å². The number of sulfonamides is 1. The number of nitrogens with zero attached hydrogens (tertiary/aromatic N) is 2. The van der Waals surface area contributed by atoms with Crippen LogP contribution in [0.3, 0.4) is 0 Å². The Kier molecular flexibility index (Phi) is 5.52. The minimum Gasteiger partial charge on any atom is -0.456 e. The van der Waals surface area contributed by atoms with Crippen molar-refractivity contribution in [3.63, 3.8) is 0 Å². The van der Waals surface area contributed by atoms with E-state index in [0.717, 1.165) is 17.8 Å². The van der Waals surface area contributed by atoms with Crippen molar-refractivity contribution < 1.29 is 31.6 Å². The van der Waals surface area contributed by atoms with Gasteiger partial charge in [0, 0.05) is 42.5 Å². The molecule has 0 radical (unpaired) electrons. The highest BCUT2D eigenvalue weighted by Gasteiger charge is 2.29. The summed E-state index contributed by atoms with van der Waals surface area (Å²) in [6.07, 6.45) is 4.46. The van der Waals surface area contributed by atoms with Gasteiger partial charge in [0.25, 0.3) is 11.1 Å². The molecule has 1 aromatic carbocycles. The van der Waals surface area contributed by atoms with Crippen LogP contribution in [0.5, 0.6) is 0 Å². The number of hydrogen-bond donors (Lipinski definition) is 1. The zero-order valence-electron chi connectivity index (χ0n) is 16.9. The van der Waals surface area contributed by atoms with E-state index in [2.05, 4.69) is 10.3 Å². The average molecular weight is 490 g/mol. The number of carbonyl (C=O) groups is 2. The Labute approximate surface area is 191 Å². The molecule has 0 atom stereocenters. The smallest absolute Gasteiger partial charge is 0.290 e. The summed E-state index contributed by atoms with van der Waals surface area (Å²) in [6, 6.07) is 5.49. The monoisotopic (exact) mass is 489 g/mol. The number of ether oxygens (including phenoxy) is 1. The maximum atomic E-state index is 15.0. The van der Waals surface area contributed by atoms with Gasteiger partial charge in [-0.3, -0.25) is 19.9 Å². The highest BCUT2D eigenvalue weighted by Crippen LogP contribution is 2.34. The number of fused-ring (bicyclic) bond motifs is 1. The molecule has 33 heavy (non-hydrogen) atoms. The molecule has 5 rings (SSSR count). The highest BCUT2D eigenvalue weighted by molar-refractivity contribution is 8.18. The predicted octanol–water partition coefficient (Wildman–Crippen LogP) is 2.98. The van der Waals surface area contributed by atoms with Crippen molar-refractivity contribution in [1.82, 2.24) is 14.6 Å². The normalized spacial score (nSPS) is 18.9. The summed E-state index contributed by atoms with van der Waals surface area (Å²) in [5, 5.41) is 2.30. The maximum Gasteiger partial charge on any atom is 0.290 e. The van der Waals surface area contributed by atoms with Crippen molar-refractivity contribution in [2.75, 3.05) is 26.3 Å². The largest absolute Gasteiger partial charge is 0.456 e. The third-order valence-electron chi connectivity index (χ3n) is 5.19. The number of imide groups is 1. The van der Waals surface area contributed by atoms with Crippen LogP contribution in [0.4, 0.5) is 9.18 Å². The van der Waals surface area contributed by atoms with E-state index in [-0.39, 0.29) is 31.2 Å². The van der Waals surface area contributed by atoms with Crippen LogP contribution < -0.4 is 5.32 Å². The summed E-state index contributed by atoms with van der Waals surface area (Å²) in [6.45, 7) is 0.856. The summed E-state index contributed by atoms with van der Waals surface area (Å²) >= 11 is 0.764. The van der Waals surface area contributed by atoms with E-state index in [1.165, 1.54) is 28.7 Å². The first-order chi connectivity index (χ1) is 15.8. The number of morpholine rings is 1. The van der Waals surface area contributed by atoms with Crippen molar-refractivity contribution in [2.24, 2.45) is 0 Å². The van der Waals surface area contributed by atoms with Crippen LogP contribution in [0, 0.1) is 5.82 Å². The van der Waals surface area contributed by atoms with Crippen LogP contribution in [0.2, 0.25) is 0 Å². The van der Waals surface area contributed by atoms with Crippen LogP contribution in [0.25, 0.3) is 28.2 Å². The number of benzene rings is 1. The van der Waals surface area contributed by atoms with Gasteiger partial charge in [-0.1, -0.05) is 6.07 Å². The van der Waals surface area contributed by atoms with Crippen LogP contribution in [-0.4, -0.2) is 55.2 Å². The number of amides is 2. The van der Waals surface area contributed by atoms with Gasteiger partial charge in [0.05, 0.1) is 18.1 Å². The fourth-order valence-electron chi connectivity index (χ4n) is 3.61. The molecule has 9 nitrogen and oxygen atoms in total. The number of furan rings is 1. The molecule has 0 bridgehead atoms. The van der Waals surface area contributed by atoms with E-state index in [9.17, 15) is 22.4 Å². The number of pyridine rings is 1. The Morgan fingerprint density at radius 2 is 1.94 bits per heavy atom. The van der Waals surface area contributed by atoms with Gasteiger partial charge in [0.2, 0.25) is 10.0 Å². The second-order valence-corrected chi connectivity index (χ2v) is 10.2. The third kappa shape index (κ3) is 4.06. The molecule has 12 heteroatoms. The lowest BCUT2D eigenvalue weighted by Crippen LogP contribution is -2.40. The first kappa shape index (κ1) is 21.8. The lowest BCUT2D eigenvalue weighted by Gasteiger charge is -2.26. The van der Waals surface area contributed by atoms with Crippen molar-refractivity contribution in [3.05, 3.63) is 53.1 Å². The maximum absolute atomic E-state index is 15.0. The van der Waals surface area contributed by atoms with Crippen molar-refractivity contribution >= 4 is 50.0 Å². The molecule has 2 aliphatic heterocycles. The molecule has 0 aliphatic carbocycles. The first-order valence-corrected chi connectivity index (χ1v) is 12.1. The Morgan fingerprint density at radius 3 is 2.64 bits per heavy atom. The van der Waals surface area contributed by atoms with Crippen LogP contribution in [0.1, 0.15) is 5.76 Å². The molecule has 1 N–H and O–H groups in total. The van der Waals surface area contributed by atoms with Crippen LogP contribution in [-0.2, 0) is 19.6 Å². The Bertz CT molecular complexity index is 1430. The summed E-state index contributed by atoms with van der Waals surface area (Å²) in [4.78, 5) is 27.1. The first-order valence-electron chi connectivity index (χ1n) is 9.83. The lowest BCUT2D eigenvalue weighted by atomic mass is 10.1. The van der Waals surface area contributed by atoms with Gasteiger partial charge in [-0.25, -0.2) is 12.8 Å². The standard InChI is InChI=1S/C21H16FN3O6S2/c22-16-8-12(1-2-18(16)33(28,29)25-3-5-30-6-4-25)15-11-23-10-13-7-14(31-19(13)15)9-17-20(26)24-21(27)32-17/h1-2,7-11H,3-6H2,(H,24,26,27).